The molecule has 0 aliphatic heterocycles. The molecular weight excluding hydrogens is 370 g/mol. The average molecular weight is 402 g/mol. The highest BCUT2D eigenvalue weighted by molar-refractivity contribution is 5.46. The highest BCUT2D eigenvalue weighted by Crippen LogP contribution is 2.32. The van der Waals surface area contributed by atoms with E-state index in [1.807, 2.05) is 36.4 Å². The Labute approximate surface area is 180 Å². The zero-order valence-electron chi connectivity index (χ0n) is 17.8. The number of nitrogens with zero attached hydrogens (tertiary/aromatic N) is 1. The molecule has 0 N–H and O–H groups in total. The largest absolute Gasteiger partial charge is 0.493 e. The first-order valence-electron chi connectivity index (χ1n) is 10.5. The van der Waals surface area contributed by atoms with Crippen molar-refractivity contribution in [2.45, 2.75) is 26.0 Å². The normalized spacial score (nSPS) is 10.7. The lowest BCUT2D eigenvalue weighted by Gasteiger charge is -2.23. The molecule has 0 amide bonds. The van der Waals surface area contributed by atoms with E-state index in [4.69, 9.17) is 9.47 Å². The summed E-state index contributed by atoms with van der Waals surface area (Å²) in [6.45, 7) is 7.09. The Kier molecular flexibility index (Phi) is 8.55. The van der Waals surface area contributed by atoms with Crippen LogP contribution in [-0.4, -0.2) is 25.1 Å². The number of hydrogen-bond acceptors (Lipinski definition) is 3. The maximum Gasteiger partial charge on any atom is 0.166 e. The molecule has 0 heterocycles. The van der Waals surface area contributed by atoms with Gasteiger partial charge in [-0.05, 0) is 36.6 Å². The molecule has 3 nitrogen and oxygen atoms in total. The summed E-state index contributed by atoms with van der Waals surface area (Å²) in [4.78, 5) is 2.40. The third-order valence-corrected chi connectivity index (χ3v) is 5.07. The molecule has 0 saturated carbocycles. The van der Waals surface area contributed by atoms with Crippen molar-refractivity contribution in [1.29, 1.82) is 0 Å². The van der Waals surface area contributed by atoms with Gasteiger partial charge < -0.3 is 9.47 Å². The van der Waals surface area contributed by atoms with E-state index in [1.54, 1.807) is 7.11 Å². The van der Waals surface area contributed by atoms with Crippen molar-refractivity contribution in [3.8, 4) is 11.5 Å². The van der Waals surface area contributed by atoms with Gasteiger partial charge in [-0.3, -0.25) is 4.90 Å². The number of hydrogen-bond donors (Lipinski definition) is 0. The van der Waals surface area contributed by atoms with Crippen molar-refractivity contribution < 1.29 is 9.47 Å². The maximum absolute atomic E-state index is 6.22. The highest BCUT2D eigenvalue weighted by Gasteiger charge is 2.14. The minimum absolute atomic E-state index is 0.518. The van der Waals surface area contributed by atoms with Crippen molar-refractivity contribution in [3.63, 3.8) is 0 Å². The van der Waals surface area contributed by atoms with Crippen LogP contribution < -0.4 is 9.47 Å². The lowest BCUT2D eigenvalue weighted by molar-refractivity contribution is 0.259. The quantitative estimate of drug-likeness (QED) is 0.353. The van der Waals surface area contributed by atoms with E-state index >= 15 is 0 Å². The Morgan fingerprint density at radius 3 is 2.23 bits per heavy atom. The Morgan fingerprint density at radius 1 is 0.867 bits per heavy atom. The first-order chi connectivity index (χ1) is 14.8. The molecule has 3 aromatic carbocycles. The van der Waals surface area contributed by atoms with Gasteiger partial charge in [0.25, 0.3) is 0 Å². The van der Waals surface area contributed by atoms with Gasteiger partial charge in [-0.2, -0.15) is 0 Å². The molecule has 0 aromatic heterocycles. The van der Waals surface area contributed by atoms with Crippen molar-refractivity contribution in [2.24, 2.45) is 0 Å². The fourth-order valence-corrected chi connectivity index (χ4v) is 3.55. The Morgan fingerprint density at radius 2 is 1.57 bits per heavy atom. The van der Waals surface area contributed by atoms with Crippen LogP contribution in [0.1, 0.15) is 23.1 Å². The number of para-hydroxylation sites is 1. The molecule has 156 valence electrons. The maximum atomic E-state index is 6.22. The number of ether oxygens (including phenoxy) is 2. The van der Waals surface area contributed by atoms with E-state index in [9.17, 15) is 0 Å². The standard InChI is InChI=1S/C27H31NO2/c1-3-19-28(20-11-16-23-12-6-4-7-13-23)21-25-17-10-18-26(29-2)27(25)30-22-24-14-8-5-9-15-24/h3-10,12-15,17-18H,1,11,16,19-22H2,2H3. The summed E-state index contributed by atoms with van der Waals surface area (Å²) in [5.74, 6) is 1.59. The Hall–Kier alpha value is -3.04. The molecule has 0 unspecified atom stereocenters. The van der Waals surface area contributed by atoms with Gasteiger partial charge in [-0.25, -0.2) is 0 Å². The van der Waals surface area contributed by atoms with Crippen LogP contribution >= 0.6 is 0 Å². The molecule has 0 aliphatic rings. The van der Waals surface area contributed by atoms with Crippen LogP contribution in [0.4, 0.5) is 0 Å². The Bertz CT molecular complexity index is 893. The zero-order valence-corrected chi connectivity index (χ0v) is 17.8. The van der Waals surface area contributed by atoms with Crippen molar-refractivity contribution in [3.05, 3.63) is 108 Å². The fraction of sp³-hybridized carbons (Fsp3) is 0.259. The summed E-state index contributed by atoms with van der Waals surface area (Å²) in [5.41, 5.74) is 3.65. The molecule has 3 heteroatoms. The lowest BCUT2D eigenvalue weighted by Crippen LogP contribution is -2.25. The van der Waals surface area contributed by atoms with Crippen LogP contribution in [0, 0.1) is 0 Å². The van der Waals surface area contributed by atoms with Gasteiger partial charge in [0.15, 0.2) is 11.5 Å². The second kappa shape index (κ2) is 11.8. The van der Waals surface area contributed by atoms with Crippen LogP contribution in [0.5, 0.6) is 11.5 Å². The van der Waals surface area contributed by atoms with Crippen molar-refractivity contribution >= 4 is 0 Å². The summed E-state index contributed by atoms with van der Waals surface area (Å²) >= 11 is 0. The van der Waals surface area contributed by atoms with Gasteiger partial charge in [-0.1, -0.05) is 78.9 Å². The van der Waals surface area contributed by atoms with E-state index < -0.39 is 0 Å². The molecule has 0 spiro atoms. The first kappa shape index (κ1) is 21.7. The third-order valence-electron chi connectivity index (χ3n) is 5.07. The van der Waals surface area contributed by atoms with Crippen LogP contribution in [0.3, 0.4) is 0 Å². The third kappa shape index (κ3) is 6.50. The van der Waals surface area contributed by atoms with Gasteiger partial charge in [0.05, 0.1) is 7.11 Å². The predicted octanol–water partition coefficient (Wildman–Crippen LogP) is 5.90. The van der Waals surface area contributed by atoms with Crippen LogP contribution in [0.15, 0.2) is 91.5 Å². The van der Waals surface area contributed by atoms with E-state index in [0.29, 0.717) is 6.61 Å². The van der Waals surface area contributed by atoms with E-state index in [1.165, 1.54) is 5.56 Å². The van der Waals surface area contributed by atoms with Gasteiger partial charge >= 0.3 is 0 Å². The summed E-state index contributed by atoms with van der Waals surface area (Å²) in [7, 11) is 1.69. The number of rotatable bonds is 12. The minimum Gasteiger partial charge on any atom is -0.493 e. The van der Waals surface area contributed by atoms with E-state index in [2.05, 4.69) is 60.0 Å². The molecule has 30 heavy (non-hydrogen) atoms. The first-order valence-corrected chi connectivity index (χ1v) is 10.5. The summed E-state index contributed by atoms with van der Waals surface area (Å²) < 4.78 is 11.8. The van der Waals surface area contributed by atoms with Gasteiger partial charge in [0.2, 0.25) is 0 Å². The van der Waals surface area contributed by atoms with Crippen LogP contribution in [0.25, 0.3) is 0 Å². The molecule has 0 bridgehead atoms. The molecule has 3 rings (SSSR count). The second-order valence-electron chi connectivity index (χ2n) is 7.34. The van der Waals surface area contributed by atoms with Crippen molar-refractivity contribution in [2.75, 3.05) is 20.2 Å². The lowest BCUT2D eigenvalue weighted by atomic mass is 10.1. The molecule has 0 saturated heterocycles. The monoisotopic (exact) mass is 401 g/mol. The molecule has 0 atom stereocenters. The smallest absolute Gasteiger partial charge is 0.166 e. The molecule has 0 fully saturated rings. The summed E-state index contributed by atoms with van der Waals surface area (Å²) in [6, 6.07) is 27.0. The fourth-order valence-electron chi connectivity index (χ4n) is 3.55. The molecular formula is C27H31NO2. The summed E-state index contributed by atoms with van der Waals surface area (Å²) in [6.07, 6.45) is 4.14. The van der Waals surface area contributed by atoms with Gasteiger partial charge in [0, 0.05) is 18.7 Å². The zero-order chi connectivity index (χ0) is 21.0. The molecule has 0 radical (unpaired) electrons. The predicted molar refractivity (Wildman–Crippen MR) is 124 cm³/mol. The topological polar surface area (TPSA) is 21.7 Å². The van der Waals surface area contributed by atoms with Crippen LogP contribution in [-0.2, 0) is 19.6 Å². The highest BCUT2D eigenvalue weighted by atomic mass is 16.5. The van der Waals surface area contributed by atoms with Gasteiger partial charge in [0.1, 0.15) is 6.61 Å². The second-order valence-corrected chi connectivity index (χ2v) is 7.34. The molecule has 3 aromatic rings. The number of aryl methyl sites for hydroxylation is 1. The number of methoxy groups -OCH3 is 1. The SMILES string of the molecule is C=CCN(CCCc1ccccc1)Cc1cccc(OC)c1OCc1ccccc1. The van der Waals surface area contributed by atoms with Gasteiger partial charge in [-0.15, -0.1) is 6.58 Å². The number of benzene rings is 3. The van der Waals surface area contributed by atoms with Crippen LogP contribution in [0.2, 0.25) is 0 Å². The van der Waals surface area contributed by atoms with E-state index in [0.717, 1.165) is 55.1 Å². The summed E-state index contributed by atoms with van der Waals surface area (Å²) in [5, 5.41) is 0. The van der Waals surface area contributed by atoms with E-state index in [-0.39, 0.29) is 0 Å². The Balaban J connectivity index is 1.67. The average Bonchev–Trinajstić information content (AvgIpc) is 2.79. The minimum atomic E-state index is 0.518. The van der Waals surface area contributed by atoms with Crippen molar-refractivity contribution in [1.82, 2.24) is 4.90 Å². The molecule has 0 aliphatic carbocycles.